The molecular weight excluding hydrogens is 228 g/mol. The van der Waals surface area contributed by atoms with Crippen molar-refractivity contribution in [3.63, 3.8) is 0 Å². The first kappa shape index (κ1) is 13.4. The Kier molecular flexibility index (Phi) is 3.64. The van der Waals surface area contributed by atoms with E-state index in [-0.39, 0.29) is 23.3 Å². The lowest BCUT2D eigenvalue weighted by Crippen LogP contribution is -2.52. The van der Waals surface area contributed by atoms with E-state index in [1.54, 1.807) is 0 Å². The molecule has 1 saturated heterocycles. The standard InChI is InChI=1S/C14H24N2O2/c1-14(2,3)12-13(18)16(8-7-11(17)15-12)9-10-5-4-6-10/h10,12H,4-9H2,1-3H3,(H,15,17). The molecule has 4 heteroatoms. The van der Waals surface area contributed by atoms with Crippen molar-refractivity contribution < 1.29 is 9.59 Å². The molecule has 1 unspecified atom stereocenters. The van der Waals surface area contributed by atoms with Crippen LogP contribution in [0.2, 0.25) is 0 Å². The SMILES string of the molecule is CC(C)(C)C1NC(=O)CCN(CC2CCC2)C1=O. The zero-order valence-electron chi connectivity index (χ0n) is 11.7. The first-order valence-corrected chi connectivity index (χ1v) is 6.96. The average Bonchev–Trinajstić information content (AvgIpc) is 2.33. The van der Waals surface area contributed by atoms with Gasteiger partial charge in [0.2, 0.25) is 11.8 Å². The fourth-order valence-electron chi connectivity index (χ4n) is 2.58. The number of hydrogen-bond acceptors (Lipinski definition) is 2. The third-order valence-corrected chi connectivity index (χ3v) is 4.04. The van der Waals surface area contributed by atoms with E-state index >= 15 is 0 Å². The van der Waals surface area contributed by atoms with Gasteiger partial charge < -0.3 is 10.2 Å². The van der Waals surface area contributed by atoms with Crippen LogP contribution < -0.4 is 5.32 Å². The second kappa shape index (κ2) is 4.90. The van der Waals surface area contributed by atoms with Crippen LogP contribution in [-0.4, -0.2) is 35.8 Å². The van der Waals surface area contributed by atoms with E-state index < -0.39 is 0 Å². The Bertz CT molecular complexity index is 342. The molecule has 1 aliphatic carbocycles. The van der Waals surface area contributed by atoms with Gasteiger partial charge in [0.1, 0.15) is 6.04 Å². The van der Waals surface area contributed by atoms with Crippen LogP contribution in [0.5, 0.6) is 0 Å². The fraction of sp³-hybridized carbons (Fsp3) is 0.857. The van der Waals surface area contributed by atoms with Crippen molar-refractivity contribution >= 4 is 11.8 Å². The number of nitrogens with one attached hydrogen (secondary N) is 1. The van der Waals surface area contributed by atoms with Gasteiger partial charge in [-0.25, -0.2) is 0 Å². The summed E-state index contributed by atoms with van der Waals surface area (Å²) in [7, 11) is 0. The summed E-state index contributed by atoms with van der Waals surface area (Å²) in [5.74, 6) is 0.752. The predicted octanol–water partition coefficient (Wildman–Crippen LogP) is 1.55. The van der Waals surface area contributed by atoms with Crippen LogP contribution in [0.1, 0.15) is 46.5 Å². The molecule has 1 N–H and O–H groups in total. The summed E-state index contributed by atoms with van der Waals surface area (Å²) in [4.78, 5) is 26.1. The largest absolute Gasteiger partial charge is 0.344 e. The normalized spacial score (nSPS) is 26.6. The first-order valence-electron chi connectivity index (χ1n) is 6.96. The third kappa shape index (κ3) is 2.85. The van der Waals surface area contributed by atoms with Gasteiger partial charge in [-0.3, -0.25) is 9.59 Å². The average molecular weight is 252 g/mol. The number of hydrogen-bond donors (Lipinski definition) is 1. The number of carbonyl (C=O) groups excluding carboxylic acids is 2. The van der Waals surface area contributed by atoms with Crippen LogP contribution in [0.15, 0.2) is 0 Å². The highest BCUT2D eigenvalue weighted by molar-refractivity contribution is 5.90. The Labute approximate surface area is 109 Å². The van der Waals surface area contributed by atoms with E-state index in [2.05, 4.69) is 5.32 Å². The summed E-state index contributed by atoms with van der Waals surface area (Å²) < 4.78 is 0. The maximum atomic E-state index is 12.5. The van der Waals surface area contributed by atoms with Crippen molar-refractivity contribution in [1.29, 1.82) is 0 Å². The minimum atomic E-state index is -0.382. The Morgan fingerprint density at radius 3 is 2.44 bits per heavy atom. The number of carbonyl (C=O) groups is 2. The van der Waals surface area contributed by atoms with E-state index in [0.29, 0.717) is 18.9 Å². The molecule has 18 heavy (non-hydrogen) atoms. The third-order valence-electron chi connectivity index (χ3n) is 4.04. The molecule has 0 bridgehead atoms. The molecule has 0 radical (unpaired) electrons. The maximum absolute atomic E-state index is 12.5. The van der Waals surface area contributed by atoms with Crippen LogP contribution in [0.25, 0.3) is 0 Å². The van der Waals surface area contributed by atoms with Crippen LogP contribution in [-0.2, 0) is 9.59 Å². The Morgan fingerprint density at radius 1 is 1.28 bits per heavy atom. The van der Waals surface area contributed by atoms with E-state index in [9.17, 15) is 9.59 Å². The van der Waals surface area contributed by atoms with Gasteiger partial charge in [0.25, 0.3) is 0 Å². The molecule has 0 spiro atoms. The molecular formula is C14H24N2O2. The van der Waals surface area contributed by atoms with Crippen molar-refractivity contribution in [3.05, 3.63) is 0 Å². The minimum absolute atomic E-state index is 0.000570. The Morgan fingerprint density at radius 2 is 1.94 bits per heavy atom. The summed E-state index contributed by atoms with van der Waals surface area (Å²) in [5, 5.41) is 2.88. The van der Waals surface area contributed by atoms with Crippen molar-refractivity contribution in [2.45, 2.75) is 52.5 Å². The molecule has 2 aliphatic rings. The van der Waals surface area contributed by atoms with Crippen molar-refractivity contribution in [2.24, 2.45) is 11.3 Å². The fourth-order valence-corrected chi connectivity index (χ4v) is 2.58. The lowest BCUT2D eigenvalue weighted by molar-refractivity contribution is -0.137. The monoisotopic (exact) mass is 252 g/mol. The summed E-state index contributed by atoms with van der Waals surface area (Å²) in [6.07, 6.45) is 4.17. The molecule has 102 valence electrons. The van der Waals surface area contributed by atoms with Gasteiger partial charge in [-0.15, -0.1) is 0 Å². The summed E-state index contributed by atoms with van der Waals surface area (Å²) in [6, 6.07) is -0.382. The van der Waals surface area contributed by atoms with Gasteiger partial charge in [-0.05, 0) is 24.2 Å². The zero-order chi connectivity index (χ0) is 13.3. The highest BCUT2D eigenvalue weighted by Crippen LogP contribution is 2.29. The molecule has 0 aromatic rings. The van der Waals surface area contributed by atoms with Crippen LogP contribution in [0.4, 0.5) is 0 Å². The number of amides is 2. The van der Waals surface area contributed by atoms with Crippen LogP contribution in [0.3, 0.4) is 0 Å². The minimum Gasteiger partial charge on any atom is -0.344 e. The summed E-state index contributed by atoms with van der Waals surface area (Å²) in [5.41, 5.74) is -0.227. The smallest absolute Gasteiger partial charge is 0.245 e. The molecule has 1 saturated carbocycles. The summed E-state index contributed by atoms with van der Waals surface area (Å²) in [6.45, 7) is 7.42. The van der Waals surface area contributed by atoms with Crippen LogP contribution in [0, 0.1) is 11.3 Å². The van der Waals surface area contributed by atoms with Crippen molar-refractivity contribution in [3.8, 4) is 0 Å². The molecule has 2 amide bonds. The van der Waals surface area contributed by atoms with Gasteiger partial charge in [0, 0.05) is 19.5 Å². The van der Waals surface area contributed by atoms with E-state index in [1.165, 1.54) is 19.3 Å². The van der Waals surface area contributed by atoms with E-state index in [4.69, 9.17) is 0 Å². The molecule has 2 fully saturated rings. The predicted molar refractivity (Wildman–Crippen MR) is 69.9 cm³/mol. The van der Waals surface area contributed by atoms with Crippen LogP contribution >= 0.6 is 0 Å². The second-order valence-electron chi connectivity index (χ2n) is 6.70. The zero-order valence-corrected chi connectivity index (χ0v) is 11.7. The molecule has 1 aliphatic heterocycles. The second-order valence-corrected chi connectivity index (χ2v) is 6.70. The van der Waals surface area contributed by atoms with Gasteiger partial charge in [-0.2, -0.15) is 0 Å². The van der Waals surface area contributed by atoms with Crippen molar-refractivity contribution in [2.75, 3.05) is 13.1 Å². The molecule has 0 aromatic carbocycles. The molecule has 1 atom stereocenters. The van der Waals surface area contributed by atoms with Gasteiger partial charge >= 0.3 is 0 Å². The van der Waals surface area contributed by atoms with Crippen molar-refractivity contribution in [1.82, 2.24) is 10.2 Å². The van der Waals surface area contributed by atoms with Gasteiger partial charge in [0.05, 0.1) is 0 Å². The first-order chi connectivity index (χ1) is 8.38. The van der Waals surface area contributed by atoms with E-state index in [0.717, 1.165) is 6.54 Å². The molecule has 0 aromatic heterocycles. The quantitative estimate of drug-likeness (QED) is 0.810. The maximum Gasteiger partial charge on any atom is 0.245 e. The Balaban J connectivity index is 2.09. The molecule has 4 nitrogen and oxygen atoms in total. The number of nitrogens with zero attached hydrogens (tertiary/aromatic N) is 1. The summed E-state index contributed by atoms with van der Waals surface area (Å²) >= 11 is 0. The van der Waals surface area contributed by atoms with Gasteiger partial charge in [-0.1, -0.05) is 27.2 Å². The number of rotatable bonds is 2. The lowest BCUT2D eigenvalue weighted by atomic mass is 9.83. The highest BCUT2D eigenvalue weighted by Gasteiger charge is 2.38. The lowest BCUT2D eigenvalue weighted by Gasteiger charge is -2.36. The molecule has 1 heterocycles. The Hall–Kier alpha value is -1.06. The topological polar surface area (TPSA) is 49.4 Å². The van der Waals surface area contributed by atoms with Gasteiger partial charge in [0.15, 0.2) is 0 Å². The van der Waals surface area contributed by atoms with E-state index in [1.807, 2.05) is 25.7 Å². The molecule has 2 rings (SSSR count). The highest BCUT2D eigenvalue weighted by atomic mass is 16.2.